The van der Waals surface area contributed by atoms with E-state index in [1.54, 1.807) is 11.3 Å². The number of halogens is 1. The van der Waals surface area contributed by atoms with Crippen molar-refractivity contribution in [2.45, 2.75) is 33.1 Å². The molecule has 1 nitrogen and oxygen atoms in total. The van der Waals surface area contributed by atoms with E-state index in [1.807, 2.05) is 0 Å². The van der Waals surface area contributed by atoms with E-state index in [4.69, 9.17) is 11.6 Å². The van der Waals surface area contributed by atoms with Crippen LogP contribution in [0.4, 0.5) is 0 Å². The zero-order valence-corrected chi connectivity index (χ0v) is 11.9. The first-order valence-electron chi connectivity index (χ1n) is 5.87. The summed E-state index contributed by atoms with van der Waals surface area (Å²) in [6.45, 7) is 6.54. The quantitative estimate of drug-likeness (QED) is 0.748. The van der Waals surface area contributed by atoms with Gasteiger partial charge in [-0.05, 0) is 17.9 Å². The van der Waals surface area contributed by atoms with E-state index in [0.29, 0.717) is 10.4 Å². The Bertz CT molecular complexity index is 499. The Kier molecular flexibility index (Phi) is 3.85. The van der Waals surface area contributed by atoms with Crippen molar-refractivity contribution in [2.24, 2.45) is 0 Å². The lowest BCUT2D eigenvalue weighted by atomic mass is 10.0. The standard InChI is InChI=1S/C14H16ClNS/c1-4-12-13(16-14(15)17-12)11-7-5-10(6-8-11)9(2)3/h5-9H,4H2,1-3H3. The highest BCUT2D eigenvalue weighted by molar-refractivity contribution is 7.16. The number of nitrogens with zero attached hydrogens (tertiary/aromatic N) is 1. The summed E-state index contributed by atoms with van der Waals surface area (Å²) in [5.74, 6) is 0.564. The second-order valence-corrected chi connectivity index (χ2v) is 6.03. The second kappa shape index (κ2) is 5.19. The third kappa shape index (κ3) is 2.70. The minimum absolute atomic E-state index is 0.564. The van der Waals surface area contributed by atoms with Gasteiger partial charge in [0.05, 0.1) is 5.69 Å². The molecule has 90 valence electrons. The molecule has 0 aliphatic rings. The smallest absolute Gasteiger partial charge is 0.184 e. The number of rotatable bonds is 3. The largest absolute Gasteiger partial charge is 0.225 e. The van der Waals surface area contributed by atoms with Crippen LogP contribution in [0, 0.1) is 0 Å². The summed E-state index contributed by atoms with van der Waals surface area (Å²) >= 11 is 7.56. The summed E-state index contributed by atoms with van der Waals surface area (Å²) < 4.78 is 0.629. The molecule has 0 saturated heterocycles. The molecule has 0 unspecified atom stereocenters. The van der Waals surface area contributed by atoms with Gasteiger partial charge in [-0.3, -0.25) is 0 Å². The first kappa shape index (κ1) is 12.6. The molecule has 0 aliphatic carbocycles. The second-order valence-electron chi connectivity index (χ2n) is 4.37. The fraction of sp³-hybridized carbons (Fsp3) is 0.357. The fourth-order valence-corrected chi connectivity index (χ4v) is 2.92. The molecule has 0 fully saturated rings. The minimum atomic E-state index is 0.564. The molecule has 0 atom stereocenters. The lowest BCUT2D eigenvalue weighted by Gasteiger charge is -2.06. The number of thiazole rings is 1. The van der Waals surface area contributed by atoms with Gasteiger partial charge in [0.1, 0.15) is 0 Å². The molecule has 17 heavy (non-hydrogen) atoms. The van der Waals surface area contributed by atoms with Crippen LogP contribution in [0.2, 0.25) is 4.47 Å². The molecule has 3 heteroatoms. The van der Waals surface area contributed by atoms with Gasteiger partial charge in [-0.25, -0.2) is 4.98 Å². The number of benzene rings is 1. The summed E-state index contributed by atoms with van der Waals surface area (Å²) in [7, 11) is 0. The van der Waals surface area contributed by atoms with Gasteiger partial charge in [0.15, 0.2) is 4.47 Å². The van der Waals surface area contributed by atoms with Crippen LogP contribution in [0.5, 0.6) is 0 Å². The summed E-state index contributed by atoms with van der Waals surface area (Å²) in [5, 5.41) is 0. The molecule has 0 amide bonds. The Balaban J connectivity index is 2.39. The van der Waals surface area contributed by atoms with Crippen molar-refractivity contribution >= 4 is 22.9 Å². The Morgan fingerprint density at radius 3 is 2.41 bits per heavy atom. The van der Waals surface area contributed by atoms with Crippen molar-refractivity contribution in [2.75, 3.05) is 0 Å². The van der Waals surface area contributed by atoms with Gasteiger partial charge in [-0.15, -0.1) is 11.3 Å². The predicted molar refractivity (Wildman–Crippen MR) is 76.0 cm³/mol. The van der Waals surface area contributed by atoms with Crippen molar-refractivity contribution in [1.29, 1.82) is 0 Å². The number of hydrogen-bond acceptors (Lipinski definition) is 2. The Labute approximate surface area is 111 Å². The minimum Gasteiger partial charge on any atom is -0.225 e. The van der Waals surface area contributed by atoms with Crippen molar-refractivity contribution in [3.63, 3.8) is 0 Å². The maximum absolute atomic E-state index is 5.98. The zero-order chi connectivity index (χ0) is 12.4. The highest BCUT2D eigenvalue weighted by Gasteiger charge is 2.10. The van der Waals surface area contributed by atoms with Crippen molar-refractivity contribution < 1.29 is 0 Å². The molecule has 1 aromatic carbocycles. The van der Waals surface area contributed by atoms with Gasteiger partial charge >= 0.3 is 0 Å². The number of hydrogen-bond donors (Lipinski definition) is 0. The third-order valence-electron chi connectivity index (χ3n) is 2.84. The number of aromatic nitrogens is 1. The molecule has 2 aromatic rings. The van der Waals surface area contributed by atoms with E-state index in [2.05, 4.69) is 50.0 Å². The van der Waals surface area contributed by atoms with Crippen molar-refractivity contribution in [3.05, 3.63) is 39.2 Å². The van der Waals surface area contributed by atoms with Crippen LogP contribution >= 0.6 is 22.9 Å². The zero-order valence-electron chi connectivity index (χ0n) is 10.3. The maximum Gasteiger partial charge on any atom is 0.184 e. The number of aryl methyl sites for hydroxylation is 1. The first-order chi connectivity index (χ1) is 8.11. The average Bonchev–Trinajstić information content (AvgIpc) is 2.70. The molecule has 0 aliphatic heterocycles. The van der Waals surface area contributed by atoms with Crippen LogP contribution in [0.1, 0.15) is 37.1 Å². The molecule has 1 aromatic heterocycles. The molecule has 0 N–H and O–H groups in total. The van der Waals surface area contributed by atoms with Crippen LogP contribution in [-0.2, 0) is 6.42 Å². The molecule has 1 heterocycles. The van der Waals surface area contributed by atoms with Crippen LogP contribution in [0.15, 0.2) is 24.3 Å². The Morgan fingerprint density at radius 1 is 1.24 bits per heavy atom. The Hall–Kier alpha value is -0.860. The monoisotopic (exact) mass is 265 g/mol. The van der Waals surface area contributed by atoms with Gasteiger partial charge in [-0.1, -0.05) is 56.6 Å². The van der Waals surface area contributed by atoms with Gasteiger partial charge < -0.3 is 0 Å². The molecule has 0 spiro atoms. The Morgan fingerprint density at radius 2 is 1.88 bits per heavy atom. The summed E-state index contributed by atoms with van der Waals surface area (Å²) in [6.07, 6.45) is 0.978. The lowest BCUT2D eigenvalue weighted by molar-refractivity contribution is 0.867. The fourth-order valence-electron chi connectivity index (χ4n) is 1.81. The summed E-state index contributed by atoms with van der Waals surface area (Å²) in [6, 6.07) is 8.62. The average molecular weight is 266 g/mol. The SMILES string of the molecule is CCc1sc(Cl)nc1-c1ccc(C(C)C)cc1. The van der Waals surface area contributed by atoms with Gasteiger partial charge in [0.25, 0.3) is 0 Å². The summed E-state index contributed by atoms with van der Waals surface area (Å²) in [5.41, 5.74) is 3.56. The highest BCUT2D eigenvalue weighted by Crippen LogP contribution is 2.31. The van der Waals surface area contributed by atoms with E-state index in [-0.39, 0.29) is 0 Å². The molecule has 0 radical (unpaired) electrons. The summed E-state index contributed by atoms with van der Waals surface area (Å²) in [4.78, 5) is 5.67. The lowest BCUT2D eigenvalue weighted by Crippen LogP contribution is -1.88. The molecule has 2 rings (SSSR count). The van der Waals surface area contributed by atoms with Crippen LogP contribution in [0.25, 0.3) is 11.3 Å². The van der Waals surface area contributed by atoms with E-state index in [0.717, 1.165) is 17.7 Å². The van der Waals surface area contributed by atoms with Gasteiger partial charge in [0.2, 0.25) is 0 Å². The van der Waals surface area contributed by atoms with E-state index in [1.165, 1.54) is 10.4 Å². The van der Waals surface area contributed by atoms with E-state index < -0.39 is 0 Å². The van der Waals surface area contributed by atoms with Crippen LogP contribution in [-0.4, -0.2) is 4.98 Å². The molecule has 0 saturated carbocycles. The van der Waals surface area contributed by atoms with Gasteiger partial charge in [0, 0.05) is 10.4 Å². The van der Waals surface area contributed by atoms with Crippen LogP contribution < -0.4 is 0 Å². The normalized spacial score (nSPS) is 11.1. The van der Waals surface area contributed by atoms with E-state index in [9.17, 15) is 0 Å². The molecule has 0 bridgehead atoms. The first-order valence-corrected chi connectivity index (χ1v) is 7.06. The molecular weight excluding hydrogens is 250 g/mol. The topological polar surface area (TPSA) is 12.9 Å². The highest BCUT2D eigenvalue weighted by atomic mass is 35.5. The molecular formula is C14H16ClNS. The van der Waals surface area contributed by atoms with Gasteiger partial charge in [-0.2, -0.15) is 0 Å². The maximum atomic E-state index is 5.98. The third-order valence-corrected chi connectivity index (χ3v) is 4.15. The van der Waals surface area contributed by atoms with Crippen molar-refractivity contribution in [3.8, 4) is 11.3 Å². The van der Waals surface area contributed by atoms with E-state index >= 15 is 0 Å². The van der Waals surface area contributed by atoms with Crippen molar-refractivity contribution in [1.82, 2.24) is 4.98 Å². The predicted octanol–water partition coefficient (Wildman–Crippen LogP) is 5.15. The van der Waals surface area contributed by atoms with Crippen LogP contribution in [0.3, 0.4) is 0 Å².